The van der Waals surface area contributed by atoms with Gasteiger partial charge in [-0.15, -0.1) is 0 Å². The molecule has 0 unspecified atom stereocenters. The van der Waals surface area contributed by atoms with E-state index in [1.807, 2.05) is 32.0 Å². The quantitative estimate of drug-likeness (QED) is 0.831. The van der Waals surface area contributed by atoms with Gasteiger partial charge in [-0.3, -0.25) is 4.79 Å². The highest BCUT2D eigenvalue weighted by Gasteiger charge is 2.11. The molecular formula is C19H23NO3. The standard InChI is InChI=1S/C19H23NO3/c1-13-9-10-14(2)18(15(13)3)23-12-11-20-19(21)16-7-5-6-8-17(16)22-4/h5-10H,11-12H2,1-4H3,(H,20,21). The Bertz CT molecular complexity index is 695. The minimum absolute atomic E-state index is 0.163. The number of benzene rings is 2. The summed E-state index contributed by atoms with van der Waals surface area (Å²) in [6.07, 6.45) is 0. The monoisotopic (exact) mass is 313 g/mol. The number of methoxy groups -OCH3 is 1. The van der Waals surface area contributed by atoms with Gasteiger partial charge in [-0.05, 0) is 49.6 Å². The number of ether oxygens (including phenoxy) is 2. The highest BCUT2D eigenvalue weighted by atomic mass is 16.5. The Hall–Kier alpha value is -2.49. The molecule has 2 aromatic carbocycles. The van der Waals surface area contributed by atoms with Gasteiger partial charge in [-0.25, -0.2) is 0 Å². The lowest BCUT2D eigenvalue weighted by Gasteiger charge is -2.14. The van der Waals surface area contributed by atoms with Gasteiger partial charge in [0.25, 0.3) is 5.91 Å². The second-order valence-electron chi connectivity index (χ2n) is 5.46. The number of carbonyl (C=O) groups excluding carboxylic acids is 1. The number of hydrogen-bond acceptors (Lipinski definition) is 3. The van der Waals surface area contributed by atoms with Crippen LogP contribution in [0.1, 0.15) is 27.0 Å². The van der Waals surface area contributed by atoms with Crippen molar-refractivity contribution in [3.63, 3.8) is 0 Å². The first-order chi connectivity index (χ1) is 11.0. The number of aryl methyl sites for hydroxylation is 2. The molecule has 2 rings (SSSR count). The molecule has 0 aliphatic carbocycles. The molecule has 0 aliphatic heterocycles. The van der Waals surface area contributed by atoms with Gasteiger partial charge in [0.15, 0.2) is 0 Å². The smallest absolute Gasteiger partial charge is 0.255 e. The average Bonchev–Trinajstić information content (AvgIpc) is 2.57. The Kier molecular flexibility index (Phi) is 5.63. The molecule has 0 saturated heterocycles. The van der Waals surface area contributed by atoms with E-state index in [4.69, 9.17) is 9.47 Å². The van der Waals surface area contributed by atoms with Crippen molar-refractivity contribution in [3.05, 3.63) is 58.7 Å². The maximum absolute atomic E-state index is 12.2. The molecule has 122 valence electrons. The maximum atomic E-state index is 12.2. The molecule has 0 aromatic heterocycles. The number of rotatable bonds is 6. The van der Waals surface area contributed by atoms with Gasteiger partial charge in [0.1, 0.15) is 18.1 Å². The van der Waals surface area contributed by atoms with E-state index in [0.29, 0.717) is 24.5 Å². The summed E-state index contributed by atoms with van der Waals surface area (Å²) in [6, 6.07) is 11.3. The first kappa shape index (κ1) is 16.9. The van der Waals surface area contributed by atoms with E-state index in [9.17, 15) is 4.79 Å². The van der Waals surface area contributed by atoms with Gasteiger partial charge in [0.2, 0.25) is 0 Å². The molecular weight excluding hydrogens is 290 g/mol. The predicted octanol–water partition coefficient (Wildman–Crippen LogP) is 3.43. The van der Waals surface area contributed by atoms with Gasteiger partial charge in [-0.2, -0.15) is 0 Å². The van der Waals surface area contributed by atoms with E-state index in [2.05, 4.69) is 18.3 Å². The van der Waals surface area contributed by atoms with Crippen molar-refractivity contribution in [1.29, 1.82) is 0 Å². The van der Waals surface area contributed by atoms with E-state index in [1.54, 1.807) is 19.2 Å². The predicted molar refractivity (Wildman–Crippen MR) is 91.5 cm³/mol. The van der Waals surface area contributed by atoms with Crippen molar-refractivity contribution in [2.75, 3.05) is 20.3 Å². The van der Waals surface area contributed by atoms with Crippen LogP contribution < -0.4 is 14.8 Å². The lowest BCUT2D eigenvalue weighted by molar-refractivity contribution is 0.0944. The van der Waals surface area contributed by atoms with Crippen LogP contribution in [0.25, 0.3) is 0 Å². The number of para-hydroxylation sites is 1. The Morgan fingerprint density at radius 3 is 2.48 bits per heavy atom. The number of amides is 1. The number of nitrogens with one attached hydrogen (secondary N) is 1. The van der Waals surface area contributed by atoms with Gasteiger partial charge in [0.05, 0.1) is 19.2 Å². The molecule has 2 aromatic rings. The van der Waals surface area contributed by atoms with Crippen molar-refractivity contribution in [1.82, 2.24) is 5.32 Å². The molecule has 1 N–H and O–H groups in total. The van der Waals surface area contributed by atoms with Crippen LogP contribution >= 0.6 is 0 Å². The highest BCUT2D eigenvalue weighted by Crippen LogP contribution is 2.25. The Balaban J connectivity index is 1.91. The third-order valence-corrected chi connectivity index (χ3v) is 3.86. The summed E-state index contributed by atoms with van der Waals surface area (Å²) in [5.74, 6) is 1.30. The third-order valence-electron chi connectivity index (χ3n) is 3.86. The second-order valence-corrected chi connectivity index (χ2v) is 5.46. The molecule has 0 spiro atoms. The zero-order valence-corrected chi connectivity index (χ0v) is 14.1. The van der Waals surface area contributed by atoms with Crippen LogP contribution in [-0.2, 0) is 0 Å². The van der Waals surface area contributed by atoms with Gasteiger partial charge in [0, 0.05) is 0 Å². The fraction of sp³-hybridized carbons (Fsp3) is 0.316. The summed E-state index contributed by atoms with van der Waals surface area (Å²) in [7, 11) is 1.55. The summed E-state index contributed by atoms with van der Waals surface area (Å²) >= 11 is 0. The molecule has 0 heterocycles. The molecule has 0 atom stereocenters. The summed E-state index contributed by atoms with van der Waals surface area (Å²) in [4.78, 5) is 12.2. The summed E-state index contributed by atoms with van der Waals surface area (Å²) in [5.41, 5.74) is 3.96. The Labute approximate surface area is 137 Å². The highest BCUT2D eigenvalue weighted by molar-refractivity contribution is 5.96. The molecule has 4 nitrogen and oxygen atoms in total. The van der Waals surface area contributed by atoms with Crippen molar-refractivity contribution < 1.29 is 14.3 Å². The van der Waals surface area contributed by atoms with Gasteiger partial charge in [-0.1, -0.05) is 24.3 Å². The molecule has 23 heavy (non-hydrogen) atoms. The molecule has 0 bridgehead atoms. The van der Waals surface area contributed by atoms with Crippen LogP contribution in [0.15, 0.2) is 36.4 Å². The SMILES string of the molecule is COc1ccccc1C(=O)NCCOc1c(C)ccc(C)c1C. The fourth-order valence-electron chi connectivity index (χ4n) is 2.39. The molecule has 0 radical (unpaired) electrons. The van der Waals surface area contributed by atoms with Crippen molar-refractivity contribution in [2.24, 2.45) is 0 Å². The minimum Gasteiger partial charge on any atom is -0.496 e. The lowest BCUT2D eigenvalue weighted by atomic mass is 10.1. The molecule has 0 saturated carbocycles. The summed E-state index contributed by atoms with van der Waals surface area (Å²) in [6.45, 7) is 6.99. The van der Waals surface area contributed by atoms with E-state index >= 15 is 0 Å². The van der Waals surface area contributed by atoms with Crippen LogP contribution in [-0.4, -0.2) is 26.2 Å². The van der Waals surface area contributed by atoms with Crippen LogP contribution in [0.2, 0.25) is 0 Å². The normalized spacial score (nSPS) is 10.3. The molecule has 1 amide bonds. The van der Waals surface area contributed by atoms with Crippen LogP contribution in [0, 0.1) is 20.8 Å². The molecule has 4 heteroatoms. The molecule has 0 fully saturated rings. The average molecular weight is 313 g/mol. The van der Waals surface area contributed by atoms with Crippen molar-refractivity contribution in [3.8, 4) is 11.5 Å². The van der Waals surface area contributed by atoms with Crippen molar-refractivity contribution in [2.45, 2.75) is 20.8 Å². The van der Waals surface area contributed by atoms with Gasteiger partial charge >= 0.3 is 0 Å². The summed E-state index contributed by atoms with van der Waals surface area (Å²) in [5, 5.41) is 2.85. The first-order valence-corrected chi connectivity index (χ1v) is 7.65. The van der Waals surface area contributed by atoms with E-state index < -0.39 is 0 Å². The van der Waals surface area contributed by atoms with E-state index in [-0.39, 0.29) is 5.91 Å². The van der Waals surface area contributed by atoms with Gasteiger partial charge < -0.3 is 14.8 Å². The number of carbonyl (C=O) groups is 1. The van der Waals surface area contributed by atoms with Crippen molar-refractivity contribution >= 4 is 5.91 Å². The zero-order chi connectivity index (χ0) is 16.8. The Morgan fingerprint density at radius 2 is 1.74 bits per heavy atom. The van der Waals surface area contributed by atoms with Crippen LogP contribution in [0.5, 0.6) is 11.5 Å². The second kappa shape index (κ2) is 7.68. The largest absolute Gasteiger partial charge is 0.496 e. The molecule has 0 aliphatic rings. The van der Waals surface area contributed by atoms with Crippen LogP contribution in [0.4, 0.5) is 0 Å². The number of hydrogen-bond donors (Lipinski definition) is 1. The first-order valence-electron chi connectivity index (χ1n) is 7.65. The van der Waals surface area contributed by atoms with Crippen LogP contribution in [0.3, 0.4) is 0 Å². The fourth-order valence-corrected chi connectivity index (χ4v) is 2.39. The van der Waals surface area contributed by atoms with E-state index in [1.165, 1.54) is 5.56 Å². The lowest BCUT2D eigenvalue weighted by Crippen LogP contribution is -2.28. The minimum atomic E-state index is -0.163. The Morgan fingerprint density at radius 1 is 1.04 bits per heavy atom. The van der Waals surface area contributed by atoms with E-state index in [0.717, 1.165) is 16.9 Å². The topological polar surface area (TPSA) is 47.6 Å². The third kappa shape index (κ3) is 4.03. The maximum Gasteiger partial charge on any atom is 0.255 e. The summed E-state index contributed by atoms with van der Waals surface area (Å²) < 4.78 is 11.0. The zero-order valence-electron chi connectivity index (χ0n) is 14.1.